The maximum atomic E-state index is 12.7. The SMILES string of the molecule is CC(=O)Nc1ccc(NS(=O)(=O)c2cc(-c3noc(C4CCCC4)n3)cs2)cc1. The Hall–Kier alpha value is -2.72. The highest BCUT2D eigenvalue weighted by molar-refractivity contribution is 7.94. The van der Waals surface area contributed by atoms with Crippen LogP contribution in [0, 0.1) is 0 Å². The Kier molecular flexibility index (Phi) is 5.37. The van der Waals surface area contributed by atoms with Crippen molar-refractivity contribution < 1.29 is 17.7 Å². The first-order chi connectivity index (χ1) is 13.9. The number of sulfonamides is 1. The van der Waals surface area contributed by atoms with Crippen LogP contribution in [-0.2, 0) is 14.8 Å². The van der Waals surface area contributed by atoms with Crippen LogP contribution in [0.25, 0.3) is 11.4 Å². The molecule has 10 heteroatoms. The fraction of sp³-hybridized carbons (Fsp3) is 0.316. The molecule has 0 aliphatic heterocycles. The van der Waals surface area contributed by atoms with Crippen molar-refractivity contribution in [2.45, 2.75) is 42.7 Å². The normalized spacial score (nSPS) is 14.8. The largest absolute Gasteiger partial charge is 0.339 e. The van der Waals surface area contributed by atoms with E-state index < -0.39 is 10.0 Å². The zero-order valence-corrected chi connectivity index (χ0v) is 17.3. The van der Waals surface area contributed by atoms with E-state index in [4.69, 9.17) is 4.52 Å². The molecule has 0 radical (unpaired) electrons. The Balaban J connectivity index is 1.48. The van der Waals surface area contributed by atoms with Crippen LogP contribution < -0.4 is 10.0 Å². The lowest BCUT2D eigenvalue weighted by atomic mass is 10.1. The number of nitrogens with zero attached hydrogens (tertiary/aromatic N) is 2. The van der Waals surface area contributed by atoms with Crippen LogP contribution in [0.2, 0.25) is 0 Å². The summed E-state index contributed by atoms with van der Waals surface area (Å²) in [7, 11) is -3.75. The Morgan fingerprint density at radius 1 is 1.17 bits per heavy atom. The molecular weight excluding hydrogens is 412 g/mol. The van der Waals surface area contributed by atoms with E-state index in [2.05, 4.69) is 20.2 Å². The molecule has 0 unspecified atom stereocenters. The van der Waals surface area contributed by atoms with Crippen LogP contribution in [0.15, 0.2) is 44.4 Å². The van der Waals surface area contributed by atoms with E-state index in [9.17, 15) is 13.2 Å². The van der Waals surface area contributed by atoms with Gasteiger partial charge in [0.25, 0.3) is 10.0 Å². The third-order valence-electron chi connectivity index (χ3n) is 4.70. The van der Waals surface area contributed by atoms with Gasteiger partial charge in [-0.15, -0.1) is 11.3 Å². The minimum Gasteiger partial charge on any atom is -0.339 e. The van der Waals surface area contributed by atoms with Gasteiger partial charge in [0, 0.05) is 35.2 Å². The maximum absolute atomic E-state index is 12.7. The number of carbonyl (C=O) groups is 1. The average molecular weight is 433 g/mol. The lowest BCUT2D eigenvalue weighted by Crippen LogP contribution is -2.11. The van der Waals surface area contributed by atoms with Crippen molar-refractivity contribution in [3.8, 4) is 11.4 Å². The fourth-order valence-corrected chi connectivity index (χ4v) is 5.51. The fourth-order valence-electron chi connectivity index (χ4n) is 3.30. The predicted molar refractivity (Wildman–Crippen MR) is 110 cm³/mol. The van der Waals surface area contributed by atoms with Crippen molar-refractivity contribution in [3.63, 3.8) is 0 Å². The highest BCUT2D eigenvalue weighted by atomic mass is 32.2. The van der Waals surface area contributed by atoms with Gasteiger partial charge in [0.15, 0.2) is 0 Å². The Morgan fingerprint density at radius 3 is 2.55 bits per heavy atom. The van der Waals surface area contributed by atoms with Crippen molar-refractivity contribution in [1.82, 2.24) is 10.1 Å². The first-order valence-electron chi connectivity index (χ1n) is 9.24. The molecule has 2 aromatic heterocycles. The van der Waals surface area contributed by atoms with Crippen molar-refractivity contribution in [2.75, 3.05) is 10.0 Å². The van der Waals surface area contributed by atoms with Gasteiger partial charge in [-0.1, -0.05) is 18.0 Å². The minimum atomic E-state index is -3.75. The third-order valence-corrected chi connectivity index (χ3v) is 7.52. The molecule has 0 atom stereocenters. The predicted octanol–water partition coefficient (Wildman–Crippen LogP) is 4.21. The van der Waals surface area contributed by atoms with Crippen LogP contribution in [0.3, 0.4) is 0 Å². The molecule has 0 bridgehead atoms. The number of rotatable bonds is 6. The van der Waals surface area contributed by atoms with E-state index in [1.54, 1.807) is 35.7 Å². The van der Waals surface area contributed by atoms with Gasteiger partial charge in [-0.3, -0.25) is 9.52 Å². The summed E-state index contributed by atoms with van der Waals surface area (Å²) in [6.07, 6.45) is 4.44. The lowest BCUT2D eigenvalue weighted by molar-refractivity contribution is -0.114. The summed E-state index contributed by atoms with van der Waals surface area (Å²) in [5.74, 6) is 1.15. The summed E-state index contributed by atoms with van der Waals surface area (Å²) in [6, 6.07) is 7.97. The van der Waals surface area contributed by atoms with Crippen molar-refractivity contribution >= 4 is 38.6 Å². The number of hydrogen-bond acceptors (Lipinski definition) is 7. The number of aromatic nitrogens is 2. The highest BCUT2D eigenvalue weighted by Gasteiger charge is 2.24. The second-order valence-corrected chi connectivity index (χ2v) is 9.78. The molecule has 29 heavy (non-hydrogen) atoms. The molecule has 152 valence electrons. The number of amides is 1. The molecule has 4 rings (SSSR count). The molecular formula is C19H20N4O4S2. The quantitative estimate of drug-likeness (QED) is 0.603. The molecule has 2 N–H and O–H groups in total. The zero-order chi connectivity index (χ0) is 20.4. The number of benzene rings is 1. The van der Waals surface area contributed by atoms with Gasteiger partial charge in [-0.2, -0.15) is 4.98 Å². The van der Waals surface area contributed by atoms with E-state index >= 15 is 0 Å². The number of carbonyl (C=O) groups excluding carboxylic acids is 1. The number of nitrogens with one attached hydrogen (secondary N) is 2. The highest BCUT2D eigenvalue weighted by Crippen LogP contribution is 2.35. The van der Waals surface area contributed by atoms with E-state index in [0.717, 1.165) is 24.2 Å². The lowest BCUT2D eigenvalue weighted by Gasteiger charge is -2.07. The van der Waals surface area contributed by atoms with Gasteiger partial charge in [0.2, 0.25) is 17.6 Å². The molecule has 1 fully saturated rings. The molecule has 1 saturated carbocycles. The Labute approximate surface area is 172 Å². The second-order valence-electron chi connectivity index (χ2n) is 6.96. The van der Waals surface area contributed by atoms with Crippen molar-refractivity contribution in [2.24, 2.45) is 0 Å². The first kappa shape index (κ1) is 19.6. The van der Waals surface area contributed by atoms with Gasteiger partial charge in [-0.05, 0) is 43.2 Å². The molecule has 0 saturated heterocycles. The summed E-state index contributed by atoms with van der Waals surface area (Å²) in [6.45, 7) is 1.41. The smallest absolute Gasteiger partial charge is 0.271 e. The summed E-state index contributed by atoms with van der Waals surface area (Å²) < 4.78 is 33.5. The topological polar surface area (TPSA) is 114 Å². The standard InChI is InChI=1S/C19H20N4O4S2/c1-12(24)20-15-6-8-16(9-7-15)23-29(25,26)17-10-14(11-28-17)18-21-19(27-22-18)13-4-2-3-5-13/h6-11,13,23H,2-5H2,1H3,(H,20,24). The molecule has 3 aromatic rings. The zero-order valence-electron chi connectivity index (χ0n) is 15.7. The van der Waals surface area contributed by atoms with Gasteiger partial charge >= 0.3 is 0 Å². The van der Waals surface area contributed by atoms with Crippen LogP contribution in [-0.4, -0.2) is 24.5 Å². The monoisotopic (exact) mass is 432 g/mol. The minimum absolute atomic E-state index is 0.158. The van der Waals surface area contributed by atoms with E-state index in [1.165, 1.54) is 19.8 Å². The molecule has 1 aromatic carbocycles. The molecule has 1 aliphatic carbocycles. The van der Waals surface area contributed by atoms with Crippen LogP contribution >= 0.6 is 11.3 Å². The summed E-state index contributed by atoms with van der Waals surface area (Å²) in [4.78, 5) is 15.5. The van der Waals surface area contributed by atoms with Crippen LogP contribution in [0.5, 0.6) is 0 Å². The molecule has 8 nitrogen and oxygen atoms in total. The first-order valence-corrected chi connectivity index (χ1v) is 11.6. The number of anilines is 2. The summed E-state index contributed by atoms with van der Waals surface area (Å²) in [5.41, 5.74) is 1.61. The summed E-state index contributed by atoms with van der Waals surface area (Å²) in [5, 5.41) is 8.35. The average Bonchev–Trinajstić information content (AvgIpc) is 3.42. The third kappa shape index (κ3) is 4.48. The van der Waals surface area contributed by atoms with Crippen molar-refractivity contribution in [3.05, 3.63) is 41.6 Å². The molecule has 2 heterocycles. The van der Waals surface area contributed by atoms with E-state index in [0.29, 0.717) is 34.6 Å². The summed E-state index contributed by atoms with van der Waals surface area (Å²) >= 11 is 1.09. The van der Waals surface area contributed by atoms with Gasteiger partial charge in [0.1, 0.15) is 4.21 Å². The van der Waals surface area contributed by atoms with Crippen LogP contribution in [0.4, 0.5) is 11.4 Å². The number of hydrogen-bond donors (Lipinski definition) is 2. The Morgan fingerprint density at radius 2 is 1.86 bits per heavy atom. The van der Waals surface area contributed by atoms with Gasteiger partial charge < -0.3 is 9.84 Å². The molecule has 0 spiro atoms. The maximum Gasteiger partial charge on any atom is 0.271 e. The van der Waals surface area contributed by atoms with Gasteiger partial charge in [-0.25, -0.2) is 8.42 Å². The number of thiophene rings is 1. The van der Waals surface area contributed by atoms with E-state index in [-0.39, 0.29) is 10.1 Å². The van der Waals surface area contributed by atoms with Crippen LogP contribution in [0.1, 0.15) is 44.4 Å². The second kappa shape index (κ2) is 7.96. The van der Waals surface area contributed by atoms with Crippen molar-refractivity contribution in [1.29, 1.82) is 0 Å². The Bertz CT molecular complexity index is 1110. The molecule has 1 amide bonds. The van der Waals surface area contributed by atoms with Gasteiger partial charge in [0.05, 0.1) is 0 Å². The van der Waals surface area contributed by atoms with E-state index in [1.807, 2.05) is 0 Å². The molecule has 1 aliphatic rings.